The van der Waals surface area contributed by atoms with Gasteiger partial charge in [0.1, 0.15) is 12.1 Å². The van der Waals surface area contributed by atoms with E-state index in [0.717, 1.165) is 25.8 Å². The highest BCUT2D eigenvalue weighted by Crippen LogP contribution is 2.40. The molecule has 152 valence electrons. The van der Waals surface area contributed by atoms with Crippen molar-refractivity contribution in [1.29, 1.82) is 0 Å². The third-order valence-electron chi connectivity index (χ3n) is 6.30. The number of aliphatic carboxylic acids is 3. The van der Waals surface area contributed by atoms with Crippen LogP contribution in [-0.4, -0.2) is 80.8 Å². The number of carbonyl (C=O) groups is 3. The molecule has 0 radical (unpaired) electrons. The first-order valence-corrected chi connectivity index (χ1v) is 10.6. The first-order chi connectivity index (χ1) is 12.8. The zero-order valence-corrected chi connectivity index (χ0v) is 16.1. The molecule has 0 aromatic carbocycles. The summed E-state index contributed by atoms with van der Waals surface area (Å²) in [5, 5.41) is 30.8. The van der Waals surface area contributed by atoms with Gasteiger partial charge in [-0.15, -0.1) is 11.8 Å². The van der Waals surface area contributed by atoms with E-state index in [4.69, 9.17) is 5.11 Å². The van der Waals surface area contributed by atoms with Crippen molar-refractivity contribution in [1.82, 2.24) is 10.2 Å². The Morgan fingerprint density at radius 2 is 1.78 bits per heavy atom. The van der Waals surface area contributed by atoms with Crippen LogP contribution in [-0.2, 0) is 14.4 Å². The fourth-order valence-corrected chi connectivity index (χ4v) is 5.97. The van der Waals surface area contributed by atoms with Gasteiger partial charge in [-0.25, -0.2) is 0 Å². The highest BCUT2D eigenvalue weighted by atomic mass is 32.2. The molecule has 0 bridgehead atoms. The molecule has 4 N–H and O–H groups in total. The molecule has 2 saturated heterocycles. The maximum absolute atomic E-state index is 11.6. The van der Waals surface area contributed by atoms with Gasteiger partial charge in [-0.3, -0.25) is 19.3 Å². The van der Waals surface area contributed by atoms with Gasteiger partial charge in [0.25, 0.3) is 0 Å². The van der Waals surface area contributed by atoms with Crippen LogP contribution in [0.1, 0.15) is 32.1 Å². The van der Waals surface area contributed by atoms with Crippen LogP contribution >= 0.6 is 11.8 Å². The Morgan fingerprint density at radius 3 is 2.44 bits per heavy atom. The Hall–Kier alpha value is -1.32. The smallest absolute Gasteiger partial charge is 0.320 e. The average molecular weight is 400 g/mol. The number of nitrogens with one attached hydrogen (secondary N) is 1. The predicted octanol–water partition coefficient (Wildman–Crippen LogP) is 0.811. The minimum absolute atomic E-state index is 0.00159. The summed E-state index contributed by atoms with van der Waals surface area (Å²) >= 11 is 1.32. The first-order valence-electron chi connectivity index (χ1n) is 9.60. The van der Waals surface area contributed by atoms with Gasteiger partial charge in [0, 0.05) is 18.3 Å². The van der Waals surface area contributed by atoms with Crippen LogP contribution in [0.4, 0.5) is 0 Å². The number of likely N-dealkylation sites (tertiary alicyclic amines) is 1. The summed E-state index contributed by atoms with van der Waals surface area (Å²) in [6, 6.07) is -1.02. The summed E-state index contributed by atoms with van der Waals surface area (Å²) < 4.78 is 0. The molecule has 6 unspecified atom stereocenters. The van der Waals surface area contributed by atoms with Gasteiger partial charge in [0.05, 0.1) is 5.75 Å². The number of piperidine rings is 1. The molecule has 27 heavy (non-hydrogen) atoms. The van der Waals surface area contributed by atoms with E-state index < -0.39 is 30.0 Å². The Bertz CT molecular complexity index is 588. The van der Waals surface area contributed by atoms with Crippen molar-refractivity contribution in [3.8, 4) is 0 Å². The third-order valence-corrected chi connectivity index (χ3v) is 7.52. The van der Waals surface area contributed by atoms with Crippen molar-refractivity contribution in [2.75, 3.05) is 25.4 Å². The lowest BCUT2D eigenvalue weighted by Crippen LogP contribution is -2.50. The van der Waals surface area contributed by atoms with Crippen molar-refractivity contribution in [3.05, 3.63) is 0 Å². The molecule has 2 aliphatic heterocycles. The number of thioether (sulfide) groups is 1. The number of carboxylic acid groups (broad SMARTS) is 3. The van der Waals surface area contributed by atoms with Gasteiger partial charge in [0.2, 0.25) is 0 Å². The summed E-state index contributed by atoms with van der Waals surface area (Å²) in [4.78, 5) is 35.7. The minimum atomic E-state index is -0.873. The highest BCUT2D eigenvalue weighted by molar-refractivity contribution is 8.00. The van der Waals surface area contributed by atoms with E-state index >= 15 is 0 Å². The Labute approximate surface area is 162 Å². The molecule has 0 spiro atoms. The number of hydrogen-bond acceptors (Lipinski definition) is 6. The van der Waals surface area contributed by atoms with E-state index in [1.54, 1.807) is 0 Å². The quantitative estimate of drug-likeness (QED) is 0.491. The van der Waals surface area contributed by atoms with Crippen LogP contribution in [0.5, 0.6) is 0 Å². The van der Waals surface area contributed by atoms with E-state index in [-0.39, 0.29) is 11.0 Å². The Balaban J connectivity index is 1.56. The zero-order valence-electron chi connectivity index (χ0n) is 15.2. The standard InChI is InChI=1S/C18H28N2O6S/c21-16(22)9-27-13-5-15(18(25)26)20(8-13)7-10-1-2-11-6-19-14(17(23)24)4-12(11)3-10/h10-15,19H,1-9H2,(H,21,22)(H,23,24)(H,25,26). The number of carboxylic acids is 3. The van der Waals surface area contributed by atoms with Crippen molar-refractivity contribution in [2.24, 2.45) is 17.8 Å². The Morgan fingerprint density at radius 1 is 1.00 bits per heavy atom. The maximum atomic E-state index is 11.6. The van der Waals surface area contributed by atoms with Crippen LogP contribution in [0, 0.1) is 17.8 Å². The van der Waals surface area contributed by atoms with E-state index in [0.29, 0.717) is 43.7 Å². The van der Waals surface area contributed by atoms with Crippen LogP contribution in [0.2, 0.25) is 0 Å². The molecule has 3 aliphatic rings. The summed E-state index contributed by atoms with van der Waals surface area (Å²) in [5.74, 6) is -1.22. The molecular weight excluding hydrogens is 372 g/mol. The molecule has 1 aliphatic carbocycles. The van der Waals surface area contributed by atoms with Gasteiger partial charge < -0.3 is 20.6 Å². The van der Waals surface area contributed by atoms with Crippen LogP contribution in [0.15, 0.2) is 0 Å². The van der Waals surface area contributed by atoms with E-state index in [1.165, 1.54) is 11.8 Å². The SMILES string of the molecule is O=C(O)CSC1CC(C(=O)O)N(CC2CCC3CNC(C(=O)O)CC3C2)C1. The summed E-state index contributed by atoms with van der Waals surface area (Å²) in [6.07, 6.45) is 4.17. The topological polar surface area (TPSA) is 127 Å². The van der Waals surface area contributed by atoms with Crippen molar-refractivity contribution >= 4 is 29.7 Å². The molecule has 3 rings (SSSR count). The number of rotatable bonds is 7. The minimum Gasteiger partial charge on any atom is -0.481 e. The molecule has 1 saturated carbocycles. The molecule has 3 fully saturated rings. The van der Waals surface area contributed by atoms with Gasteiger partial charge in [-0.2, -0.15) is 0 Å². The number of fused-ring (bicyclic) bond motifs is 1. The molecular formula is C18H28N2O6S. The fraction of sp³-hybridized carbons (Fsp3) is 0.833. The van der Waals surface area contributed by atoms with E-state index in [2.05, 4.69) is 5.32 Å². The first kappa shape index (κ1) is 20.4. The number of hydrogen-bond donors (Lipinski definition) is 4. The molecule has 9 heteroatoms. The van der Waals surface area contributed by atoms with Crippen molar-refractivity contribution in [3.63, 3.8) is 0 Å². The second kappa shape index (κ2) is 8.79. The zero-order chi connectivity index (χ0) is 19.6. The monoisotopic (exact) mass is 400 g/mol. The van der Waals surface area contributed by atoms with Gasteiger partial charge in [0.15, 0.2) is 0 Å². The lowest BCUT2D eigenvalue weighted by molar-refractivity contribution is -0.143. The van der Waals surface area contributed by atoms with Crippen molar-refractivity contribution in [2.45, 2.75) is 49.4 Å². The summed E-state index contributed by atoms with van der Waals surface area (Å²) in [7, 11) is 0. The third kappa shape index (κ3) is 5.14. The van der Waals surface area contributed by atoms with Crippen molar-refractivity contribution < 1.29 is 29.7 Å². The van der Waals surface area contributed by atoms with Crippen LogP contribution in [0.25, 0.3) is 0 Å². The van der Waals surface area contributed by atoms with E-state index in [9.17, 15) is 24.6 Å². The lowest BCUT2D eigenvalue weighted by Gasteiger charge is -2.42. The molecule has 8 nitrogen and oxygen atoms in total. The molecule has 2 heterocycles. The van der Waals surface area contributed by atoms with Gasteiger partial charge in [-0.1, -0.05) is 0 Å². The fourth-order valence-electron chi connectivity index (χ4n) is 4.98. The molecule has 0 aromatic rings. The van der Waals surface area contributed by atoms with E-state index in [1.807, 2.05) is 4.90 Å². The normalized spacial score (nSPS) is 36.9. The average Bonchev–Trinajstić information content (AvgIpc) is 3.02. The maximum Gasteiger partial charge on any atom is 0.320 e. The molecule has 0 amide bonds. The summed E-state index contributed by atoms with van der Waals surface area (Å²) in [6.45, 7) is 2.07. The van der Waals surface area contributed by atoms with Crippen LogP contribution < -0.4 is 5.32 Å². The lowest BCUT2D eigenvalue weighted by atomic mass is 9.69. The van der Waals surface area contributed by atoms with Gasteiger partial charge in [-0.05, 0) is 56.4 Å². The highest BCUT2D eigenvalue weighted by Gasteiger charge is 2.41. The molecule has 6 atom stereocenters. The van der Waals surface area contributed by atoms with Gasteiger partial charge >= 0.3 is 17.9 Å². The Kier molecular flexibility index (Phi) is 6.65. The predicted molar refractivity (Wildman–Crippen MR) is 99.9 cm³/mol. The number of nitrogens with zero attached hydrogens (tertiary/aromatic N) is 1. The summed E-state index contributed by atoms with van der Waals surface area (Å²) in [5.41, 5.74) is 0. The van der Waals surface area contributed by atoms with Crippen LogP contribution in [0.3, 0.4) is 0 Å². The second-order valence-electron chi connectivity index (χ2n) is 8.10. The largest absolute Gasteiger partial charge is 0.481 e. The second-order valence-corrected chi connectivity index (χ2v) is 9.39. The molecule has 0 aromatic heterocycles.